The third-order valence-corrected chi connectivity index (χ3v) is 6.91. The first-order chi connectivity index (χ1) is 20.7. The zero-order chi connectivity index (χ0) is 32.1. The molecule has 1 unspecified atom stereocenters. The van der Waals surface area contributed by atoms with E-state index in [2.05, 4.69) is 15.6 Å². The van der Waals surface area contributed by atoms with Gasteiger partial charge in [0.2, 0.25) is 0 Å². The van der Waals surface area contributed by atoms with Gasteiger partial charge in [-0.1, -0.05) is 48.0 Å². The highest BCUT2D eigenvalue weighted by Crippen LogP contribution is 2.29. The van der Waals surface area contributed by atoms with E-state index in [4.69, 9.17) is 21.1 Å². The van der Waals surface area contributed by atoms with Gasteiger partial charge in [0.05, 0.1) is 11.1 Å². The number of imidazole rings is 1. The Bertz CT molecular complexity index is 1630. The maximum absolute atomic E-state index is 14.1. The largest absolute Gasteiger partial charge is 0.485 e. The molecule has 14 heteroatoms. The van der Waals surface area contributed by atoms with Crippen LogP contribution in [0.15, 0.2) is 60.8 Å². The third kappa shape index (κ3) is 8.37. The number of aryl methyl sites for hydroxylation is 1. The minimum absolute atomic E-state index is 0.0601. The minimum Gasteiger partial charge on any atom is -0.485 e. The van der Waals surface area contributed by atoms with E-state index in [-0.39, 0.29) is 34.4 Å². The number of amides is 2. The van der Waals surface area contributed by atoms with Gasteiger partial charge in [0.25, 0.3) is 5.91 Å². The molecule has 2 aromatic carbocycles. The number of alkyl halides is 3. The van der Waals surface area contributed by atoms with E-state index in [1.54, 1.807) is 37.3 Å². The van der Waals surface area contributed by atoms with Crippen LogP contribution >= 0.6 is 11.6 Å². The number of hydrogen-bond donors (Lipinski definition) is 2. The Kier molecular flexibility index (Phi) is 9.98. The van der Waals surface area contributed by atoms with Gasteiger partial charge in [0.15, 0.2) is 22.2 Å². The summed E-state index contributed by atoms with van der Waals surface area (Å²) in [6.45, 7) is 2.00. The van der Waals surface area contributed by atoms with E-state index in [0.717, 1.165) is 12.1 Å². The normalized spacial score (nSPS) is 12.9. The van der Waals surface area contributed by atoms with Crippen LogP contribution in [-0.2, 0) is 18.0 Å². The minimum atomic E-state index is -4.52. The number of aromatic nitrogens is 2. The van der Waals surface area contributed by atoms with Crippen LogP contribution in [0.1, 0.15) is 46.9 Å². The molecule has 2 amide bonds. The second-order valence-corrected chi connectivity index (χ2v) is 10.7. The quantitative estimate of drug-likeness (QED) is 0.174. The smallest absolute Gasteiger partial charge is 0.407 e. The van der Waals surface area contributed by atoms with E-state index in [1.165, 1.54) is 29.7 Å². The highest BCUT2D eigenvalue weighted by molar-refractivity contribution is 6.32. The molecule has 0 saturated carbocycles. The highest BCUT2D eigenvalue weighted by atomic mass is 35.5. The van der Waals surface area contributed by atoms with Gasteiger partial charge >= 0.3 is 12.3 Å². The number of rotatable bonds is 11. The van der Waals surface area contributed by atoms with Gasteiger partial charge in [-0.25, -0.2) is 18.6 Å². The molecule has 2 N–H and O–H groups in total. The van der Waals surface area contributed by atoms with Crippen molar-refractivity contribution in [1.29, 1.82) is 0 Å². The molecule has 0 spiro atoms. The lowest BCUT2D eigenvalue weighted by atomic mass is 9.95. The number of hydrogen-bond acceptors (Lipinski definition) is 5. The zero-order valence-corrected chi connectivity index (χ0v) is 24.4. The van der Waals surface area contributed by atoms with Crippen molar-refractivity contribution in [3.63, 3.8) is 0 Å². The fraction of sp³-hybridized carbons (Fsp3) is 0.300. The van der Waals surface area contributed by atoms with Crippen LogP contribution in [0.5, 0.6) is 5.75 Å². The number of benzene rings is 2. The van der Waals surface area contributed by atoms with E-state index < -0.39 is 61.3 Å². The van der Waals surface area contributed by atoms with Crippen molar-refractivity contribution in [3.8, 4) is 5.75 Å². The number of nitrogens with one attached hydrogen (secondary N) is 2. The van der Waals surface area contributed by atoms with E-state index in [1.807, 2.05) is 0 Å². The molecule has 4 rings (SSSR count). The monoisotopic (exact) mass is 638 g/mol. The number of ether oxygens (including phenoxy) is 2. The molecule has 0 fully saturated rings. The van der Waals surface area contributed by atoms with Crippen molar-refractivity contribution in [1.82, 2.24) is 20.0 Å². The molecule has 44 heavy (non-hydrogen) atoms. The lowest BCUT2D eigenvalue weighted by Crippen LogP contribution is -2.54. The van der Waals surface area contributed by atoms with Gasteiger partial charge in [-0.05, 0) is 49.6 Å². The van der Waals surface area contributed by atoms with Crippen LogP contribution in [0.2, 0.25) is 5.15 Å². The van der Waals surface area contributed by atoms with Gasteiger partial charge in [0.1, 0.15) is 24.8 Å². The molecule has 2 heterocycles. The molecule has 0 aliphatic heterocycles. The summed E-state index contributed by atoms with van der Waals surface area (Å²) >= 11 is 6.30. The first kappa shape index (κ1) is 32.5. The standard InChI is InChI=1S/C30H28ClF5N4O4/c1-18-13-23(43-16-20-21(32)9-6-10-22(20)33)26-38-25(31)24(40(26)14-18)27(41)37-17-29(2,11-12-30(34,35)36)39-28(42)44-15-19-7-4-3-5-8-19/h3-10,13-14H,11-12,15-17H2,1-2H3,(H,37,41)(H,39,42). The second-order valence-electron chi connectivity index (χ2n) is 10.4. The van der Waals surface area contributed by atoms with Crippen LogP contribution in [0.4, 0.5) is 26.7 Å². The lowest BCUT2D eigenvalue weighted by molar-refractivity contribution is -0.138. The summed E-state index contributed by atoms with van der Waals surface area (Å²) in [5.74, 6) is -2.34. The molecule has 0 aliphatic carbocycles. The van der Waals surface area contributed by atoms with Crippen molar-refractivity contribution < 1.29 is 41.0 Å². The number of fused-ring (bicyclic) bond motifs is 1. The van der Waals surface area contributed by atoms with Crippen LogP contribution in [0.25, 0.3) is 5.65 Å². The highest BCUT2D eigenvalue weighted by Gasteiger charge is 2.35. The summed E-state index contributed by atoms with van der Waals surface area (Å²) in [6.07, 6.45) is -5.78. The van der Waals surface area contributed by atoms with Crippen molar-refractivity contribution in [2.24, 2.45) is 0 Å². The summed E-state index contributed by atoms with van der Waals surface area (Å²) in [5, 5.41) is 4.70. The Morgan fingerprint density at radius 2 is 1.68 bits per heavy atom. The Balaban J connectivity index is 1.51. The molecular weight excluding hydrogens is 611 g/mol. The molecule has 1 atom stereocenters. The Hall–Kier alpha value is -4.39. The maximum atomic E-state index is 14.1. The van der Waals surface area contributed by atoms with Crippen molar-refractivity contribution >= 4 is 29.2 Å². The fourth-order valence-corrected chi connectivity index (χ4v) is 4.58. The van der Waals surface area contributed by atoms with Gasteiger partial charge in [0, 0.05) is 19.2 Å². The fourth-order valence-electron chi connectivity index (χ4n) is 4.32. The summed E-state index contributed by atoms with van der Waals surface area (Å²) in [5.41, 5.74) is -0.743. The Morgan fingerprint density at radius 1 is 1.00 bits per heavy atom. The summed E-state index contributed by atoms with van der Waals surface area (Å²) in [6, 6.07) is 13.6. The maximum Gasteiger partial charge on any atom is 0.407 e. The van der Waals surface area contributed by atoms with Crippen molar-refractivity contribution in [3.05, 3.63) is 100.0 Å². The Morgan fingerprint density at radius 3 is 2.34 bits per heavy atom. The molecule has 4 aromatic rings. The first-order valence-corrected chi connectivity index (χ1v) is 13.7. The van der Waals surface area contributed by atoms with Gasteiger partial charge in [-0.3, -0.25) is 9.20 Å². The number of pyridine rings is 1. The van der Waals surface area contributed by atoms with Crippen LogP contribution in [0, 0.1) is 18.6 Å². The predicted octanol–water partition coefficient (Wildman–Crippen LogP) is 6.91. The Labute approximate surface area is 254 Å². The summed E-state index contributed by atoms with van der Waals surface area (Å²) < 4.78 is 79.7. The number of nitrogens with zero attached hydrogens (tertiary/aromatic N) is 2. The molecule has 2 aromatic heterocycles. The molecule has 8 nitrogen and oxygen atoms in total. The van der Waals surface area contributed by atoms with E-state index in [9.17, 15) is 31.5 Å². The molecular formula is C30H28ClF5N4O4. The zero-order valence-electron chi connectivity index (χ0n) is 23.6. The number of carbonyl (C=O) groups excluding carboxylic acids is 2. The second kappa shape index (κ2) is 13.5. The van der Waals surface area contributed by atoms with Gasteiger partial charge in [-0.15, -0.1) is 0 Å². The van der Waals surface area contributed by atoms with Crippen LogP contribution < -0.4 is 15.4 Å². The molecule has 0 bridgehead atoms. The van der Waals surface area contributed by atoms with Gasteiger partial charge in [-0.2, -0.15) is 13.2 Å². The van der Waals surface area contributed by atoms with Crippen LogP contribution in [0.3, 0.4) is 0 Å². The molecule has 0 aliphatic rings. The average molecular weight is 639 g/mol. The van der Waals surface area contributed by atoms with Crippen molar-refractivity contribution in [2.45, 2.75) is 51.6 Å². The molecule has 0 radical (unpaired) electrons. The summed E-state index contributed by atoms with van der Waals surface area (Å²) in [4.78, 5) is 30.0. The summed E-state index contributed by atoms with van der Waals surface area (Å²) in [7, 11) is 0. The topological polar surface area (TPSA) is 94.0 Å². The number of halogens is 6. The van der Waals surface area contributed by atoms with E-state index >= 15 is 0 Å². The predicted molar refractivity (Wildman–Crippen MR) is 151 cm³/mol. The third-order valence-electron chi connectivity index (χ3n) is 6.65. The molecule has 234 valence electrons. The SMILES string of the molecule is Cc1cc(OCc2c(F)cccc2F)c2nc(Cl)c(C(=O)NCC(C)(CCC(F)(F)F)NC(=O)OCc3ccccc3)n2c1. The number of carbonyl (C=O) groups is 2. The van der Waals surface area contributed by atoms with Crippen LogP contribution in [-0.4, -0.2) is 39.6 Å². The van der Waals surface area contributed by atoms with E-state index in [0.29, 0.717) is 11.1 Å². The number of alkyl carbamates (subject to hydrolysis) is 1. The first-order valence-electron chi connectivity index (χ1n) is 13.3. The average Bonchev–Trinajstić information content (AvgIpc) is 3.29. The van der Waals surface area contributed by atoms with Crippen molar-refractivity contribution in [2.75, 3.05) is 6.54 Å². The lowest BCUT2D eigenvalue weighted by Gasteiger charge is -2.31. The molecule has 0 saturated heterocycles. The van der Waals surface area contributed by atoms with Gasteiger partial charge < -0.3 is 20.1 Å².